The smallest absolute Gasteiger partial charge is 0.340 e. The molecular weight excluding hydrogens is 256 g/mol. The van der Waals surface area contributed by atoms with Crippen LogP contribution in [0.25, 0.3) is 0 Å². The van der Waals surface area contributed by atoms with Crippen LogP contribution in [0, 0.1) is 0 Å². The number of hydrogen-bond donors (Lipinski definition) is 2. The molecule has 0 aliphatic carbocycles. The van der Waals surface area contributed by atoms with Crippen LogP contribution < -0.4 is 4.74 Å². The predicted octanol–water partition coefficient (Wildman–Crippen LogP) is 1.08. The molecule has 0 saturated carbocycles. The summed E-state index contributed by atoms with van der Waals surface area (Å²) in [5.41, 5.74) is -0.739. The highest BCUT2D eigenvalue weighted by molar-refractivity contribution is 6.03. The van der Waals surface area contributed by atoms with Gasteiger partial charge in [-0.2, -0.15) is 0 Å². The van der Waals surface area contributed by atoms with Gasteiger partial charge in [-0.1, -0.05) is 6.07 Å². The molecule has 0 unspecified atom stereocenters. The van der Waals surface area contributed by atoms with Gasteiger partial charge in [0.25, 0.3) is 0 Å². The van der Waals surface area contributed by atoms with Crippen molar-refractivity contribution >= 4 is 11.9 Å². The first-order valence-electron chi connectivity index (χ1n) is 5.29. The molecule has 0 aliphatic rings. The lowest BCUT2D eigenvalue weighted by atomic mass is 10.1. The van der Waals surface area contributed by atoms with Gasteiger partial charge in [-0.25, -0.2) is 9.59 Å². The molecule has 7 nitrogen and oxygen atoms in total. The van der Waals surface area contributed by atoms with Crippen molar-refractivity contribution in [3.8, 4) is 5.75 Å². The second-order valence-corrected chi connectivity index (χ2v) is 3.50. The topological polar surface area (TPSA) is 102 Å². The Morgan fingerprint density at radius 2 is 1.79 bits per heavy atom. The molecule has 0 heterocycles. The molecule has 0 aromatic heterocycles. The third-order valence-corrected chi connectivity index (χ3v) is 2.37. The first-order valence-corrected chi connectivity index (χ1v) is 5.29. The summed E-state index contributed by atoms with van der Waals surface area (Å²) in [6, 6.07) is 3.97. The van der Waals surface area contributed by atoms with Crippen LogP contribution in [0.4, 0.5) is 0 Å². The number of hydrogen-bond acceptors (Lipinski definition) is 5. The zero-order valence-electron chi connectivity index (χ0n) is 10.5. The van der Waals surface area contributed by atoms with E-state index in [2.05, 4.69) is 0 Å². The van der Waals surface area contributed by atoms with Gasteiger partial charge < -0.3 is 24.4 Å². The summed E-state index contributed by atoms with van der Waals surface area (Å²) < 4.78 is 15.0. The Kier molecular flexibility index (Phi) is 5.28. The predicted molar refractivity (Wildman–Crippen MR) is 63.7 cm³/mol. The molecule has 0 saturated heterocycles. The number of benzene rings is 1. The highest BCUT2D eigenvalue weighted by Crippen LogP contribution is 2.23. The summed E-state index contributed by atoms with van der Waals surface area (Å²) in [4.78, 5) is 22.1. The standard InChI is InChI=1S/C12H14O7/c1-17-9(18-2)6-19-8-5-3-4-7(11(13)14)10(8)12(15)16/h3-5,9H,6H2,1-2H3,(H,13,14)(H,15,16). The largest absolute Gasteiger partial charge is 0.487 e. The Morgan fingerprint density at radius 3 is 2.26 bits per heavy atom. The van der Waals surface area contributed by atoms with Crippen molar-refractivity contribution in [2.75, 3.05) is 20.8 Å². The summed E-state index contributed by atoms with van der Waals surface area (Å²) in [7, 11) is 2.81. The zero-order chi connectivity index (χ0) is 14.4. The van der Waals surface area contributed by atoms with E-state index in [1.807, 2.05) is 0 Å². The van der Waals surface area contributed by atoms with E-state index in [1.165, 1.54) is 32.4 Å². The first kappa shape index (κ1) is 14.9. The summed E-state index contributed by atoms with van der Waals surface area (Å²) in [6.07, 6.45) is -0.671. The van der Waals surface area contributed by atoms with Crippen LogP contribution in [0.15, 0.2) is 18.2 Å². The molecule has 7 heteroatoms. The van der Waals surface area contributed by atoms with Gasteiger partial charge in [-0.05, 0) is 12.1 Å². The third kappa shape index (κ3) is 3.67. The van der Waals surface area contributed by atoms with Gasteiger partial charge in [0.1, 0.15) is 17.9 Å². The van der Waals surface area contributed by atoms with Crippen molar-refractivity contribution in [3.05, 3.63) is 29.3 Å². The Labute approximate surface area is 109 Å². The number of aromatic carboxylic acids is 2. The molecule has 0 bridgehead atoms. The van der Waals surface area contributed by atoms with E-state index in [9.17, 15) is 9.59 Å². The maximum absolute atomic E-state index is 11.1. The minimum absolute atomic E-state index is 0.0495. The number of rotatable bonds is 7. The van der Waals surface area contributed by atoms with Crippen LogP contribution in [0.1, 0.15) is 20.7 Å². The van der Waals surface area contributed by atoms with Gasteiger partial charge in [-0.3, -0.25) is 0 Å². The van der Waals surface area contributed by atoms with E-state index in [1.54, 1.807) is 0 Å². The van der Waals surface area contributed by atoms with Crippen LogP contribution in [-0.2, 0) is 9.47 Å². The molecule has 1 rings (SSSR count). The van der Waals surface area contributed by atoms with Crippen molar-refractivity contribution in [3.63, 3.8) is 0 Å². The fraction of sp³-hybridized carbons (Fsp3) is 0.333. The van der Waals surface area contributed by atoms with Gasteiger partial charge in [0.05, 0.1) is 5.56 Å². The molecule has 0 radical (unpaired) electrons. The van der Waals surface area contributed by atoms with Gasteiger partial charge >= 0.3 is 11.9 Å². The fourth-order valence-corrected chi connectivity index (χ4v) is 1.44. The molecule has 19 heavy (non-hydrogen) atoms. The van der Waals surface area contributed by atoms with Crippen molar-refractivity contribution < 1.29 is 34.0 Å². The van der Waals surface area contributed by atoms with Crippen LogP contribution >= 0.6 is 0 Å². The van der Waals surface area contributed by atoms with E-state index >= 15 is 0 Å². The average Bonchev–Trinajstić information content (AvgIpc) is 2.39. The molecular formula is C12H14O7. The average molecular weight is 270 g/mol. The second-order valence-electron chi connectivity index (χ2n) is 3.50. The molecule has 0 atom stereocenters. The highest BCUT2D eigenvalue weighted by Gasteiger charge is 2.21. The fourth-order valence-electron chi connectivity index (χ4n) is 1.44. The van der Waals surface area contributed by atoms with E-state index in [0.717, 1.165) is 0 Å². The quantitative estimate of drug-likeness (QED) is 0.714. The molecule has 2 N–H and O–H groups in total. The van der Waals surface area contributed by atoms with Crippen molar-refractivity contribution in [1.82, 2.24) is 0 Å². The number of carboxylic acid groups (broad SMARTS) is 2. The monoisotopic (exact) mass is 270 g/mol. The minimum atomic E-state index is -1.38. The van der Waals surface area contributed by atoms with Gasteiger partial charge in [0.2, 0.25) is 0 Å². The molecule has 1 aromatic carbocycles. The van der Waals surface area contributed by atoms with E-state index in [-0.39, 0.29) is 17.9 Å². The zero-order valence-corrected chi connectivity index (χ0v) is 10.5. The lowest BCUT2D eigenvalue weighted by Gasteiger charge is -2.16. The molecule has 1 aromatic rings. The van der Waals surface area contributed by atoms with Crippen molar-refractivity contribution in [1.29, 1.82) is 0 Å². The van der Waals surface area contributed by atoms with Crippen LogP contribution in [-0.4, -0.2) is 49.3 Å². The van der Waals surface area contributed by atoms with Crippen LogP contribution in [0.5, 0.6) is 5.75 Å². The highest BCUT2D eigenvalue weighted by atomic mass is 16.7. The number of ether oxygens (including phenoxy) is 3. The molecule has 104 valence electrons. The molecule has 0 fully saturated rings. The molecule has 0 spiro atoms. The minimum Gasteiger partial charge on any atom is -0.487 e. The second kappa shape index (κ2) is 6.72. The lowest BCUT2D eigenvalue weighted by Crippen LogP contribution is -2.23. The SMILES string of the molecule is COC(COc1cccc(C(=O)O)c1C(=O)O)OC. The third-order valence-electron chi connectivity index (χ3n) is 2.37. The van der Waals surface area contributed by atoms with E-state index < -0.39 is 23.8 Å². The maximum Gasteiger partial charge on any atom is 0.340 e. The summed E-state index contributed by atoms with van der Waals surface area (Å²) in [5.74, 6) is -2.76. The summed E-state index contributed by atoms with van der Waals surface area (Å²) in [6.45, 7) is -0.0592. The van der Waals surface area contributed by atoms with Crippen LogP contribution in [0.2, 0.25) is 0 Å². The van der Waals surface area contributed by atoms with E-state index in [4.69, 9.17) is 24.4 Å². The Hall–Kier alpha value is -2.12. The van der Waals surface area contributed by atoms with Gasteiger partial charge in [-0.15, -0.1) is 0 Å². The normalized spacial score (nSPS) is 10.5. The Bertz CT molecular complexity index is 465. The summed E-state index contributed by atoms with van der Waals surface area (Å²) in [5, 5.41) is 18.0. The van der Waals surface area contributed by atoms with E-state index in [0.29, 0.717) is 0 Å². The van der Waals surface area contributed by atoms with Gasteiger partial charge in [0, 0.05) is 14.2 Å². The number of carbonyl (C=O) groups is 2. The first-order chi connectivity index (χ1) is 9.01. The van der Waals surface area contributed by atoms with Crippen molar-refractivity contribution in [2.24, 2.45) is 0 Å². The lowest BCUT2D eigenvalue weighted by molar-refractivity contribution is -0.122. The van der Waals surface area contributed by atoms with Gasteiger partial charge in [0.15, 0.2) is 6.29 Å². The Balaban J connectivity index is 3.03. The molecule has 0 amide bonds. The molecule has 0 aliphatic heterocycles. The van der Waals surface area contributed by atoms with Crippen LogP contribution in [0.3, 0.4) is 0 Å². The van der Waals surface area contributed by atoms with Crippen molar-refractivity contribution in [2.45, 2.75) is 6.29 Å². The number of carboxylic acids is 2. The maximum atomic E-state index is 11.1. The Morgan fingerprint density at radius 1 is 1.16 bits per heavy atom. The number of methoxy groups -OCH3 is 2. The summed E-state index contributed by atoms with van der Waals surface area (Å²) >= 11 is 0.